The zero-order valence-electron chi connectivity index (χ0n) is 9.00. The molecule has 9 heteroatoms. The van der Waals surface area contributed by atoms with Crippen LogP contribution in [0.2, 0.25) is 0 Å². The molecule has 1 aromatic heterocycles. The van der Waals surface area contributed by atoms with Crippen molar-refractivity contribution < 1.29 is 14.8 Å². The highest BCUT2D eigenvalue weighted by Gasteiger charge is 2.20. The van der Waals surface area contributed by atoms with Gasteiger partial charge in [-0.25, -0.2) is 9.97 Å². The molecular formula is C8H13N5O4. The molecule has 0 bridgehead atoms. The van der Waals surface area contributed by atoms with Gasteiger partial charge in [0, 0.05) is 6.54 Å². The number of aliphatic hydroxyl groups excluding tert-OH is 1. The highest BCUT2D eigenvalue weighted by Crippen LogP contribution is 2.25. The van der Waals surface area contributed by atoms with E-state index in [4.69, 9.17) is 15.6 Å². The lowest BCUT2D eigenvalue weighted by Gasteiger charge is -2.06. The number of nitrogens with zero attached hydrogens (tertiary/aromatic N) is 3. The molecule has 94 valence electrons. The molecule has 4 N–H and O–H groups in total. The van der Waals surface area contributed by atoms with Gasteiger partial charge in [0.15, 0.2) is 0 Å². The molecule has 1 heterocycles. The number of nitro groups is 1. The summed E-state index contributed by atoms with van der Waals surface area (Å²) < 4.78 is 4.98. The second kappa shape index (κ2) is 6.55. The molecule has 0 aliphatic carbocycles. The standard InChI is InChI=1S/C8H13N5O4/c9-7-6(13(15)16)8(12-5-11-7)10-1-3-17-4-2-14/h5,14H,1-4H2,(H3,9,10,11,12). The van der Waals surface area contributed by atoms with Gasteiger partial charge in [-0.2, -0.15) is 0 Å². The van der Waals surface area contributed by atoms with Gasteiger partial charge in [-0.1, -0.05) is 0 Å². The summed E-state index contributed by atoms with van der Waals surface area (Å²) in [6.07, 6.45) is 1.14. The van der Waals surface area contributed by atoms with Crippen LogP contribution in [0.1, 0.15) is 0 Å². The summed E-state index contributed by atoms with van der Waals surface area (Å²) in [4.78, 5) is 17.3. The minimum Gasteiger partial charge on any atom is -0.394 e. The van der Waals surface area contributed by atoms with E-state index >= 15 is 0 Å². The Morgan fingerprint density at radius 1 is 1.53 bits per heavy atom. The number of nitrogen functional groups attached to an aromatic ring is 1. The van der Waals surface area contributed by atoms with Crippen LogP contribution in [0.5, 0.6) is 0 Å². The van der Waals surface area contributed by atoms with Crippen LogP contribution in [0.4, 0.5) is 17.3 Å². The fourth-order valence-electron chi connectivity index (χ4n) is 1.11. The van der Waals surface area contributed by atoms with E-state index in [-0.39, 0.29) is 30.5 Å². The molecular weight excluding hydrogens is 230 g/mol. The van der Waals surface area contributed by atoms with Gasteiger partial charge in [-0.05, 0) is 0 Å². The van der Waals surface area contributed by atoms with Gasteiger partial charge in [0.05, 0.1) is 24.7 Å². The Bertz CT molecular complexity index is 386. The zero-order chi connectivity index (χ0) is 12.7. The van der Waals surface area contributed by atoms with Crippen LogP contribution in [-0.4, -0.2) is 46.4 Å². The molecule has 0 aliphatic heterocycles. The molecule has 0 aromatic carbocycles. The van der Waals surface area contributed by atoms with E-state index in [9.17, 15) is 10.1 Å². The summed E-state index contributed by atoms with van der Waals surface area (Å²) in [7, 11) is 0. The molecule has 0 saturated carbocycles. The Kier molecular flexibility index (Phi) is 5.04. The molecule has 9 nitrogen and oxygen atoms in total. The number of anilines is 2. The first-order valence-electron chi connectivity index (χ1n) is 4.84. The minimum absolute atomic E-state index is 0.0510. The lowest BCUT2D eigenvalue weighted by molar-refractivity contribution is -0.383. The van der Waals surface area contributed by atoms with E-state index in [2.05, 4.69) is 15.3 Å². The van der Waals surface area contributed by atoms with Crippen molar-refractivity contribution in [3.63, 3.8) is 0 Å². The van der Waals surface area contributed by atoms with Crippen LogP contribution in [0.15, 0.2) is 6.33 Å². The number of hydrogen-bond acceptors (Lipinski definition) is 8. The second-order valence-electron chi connectivity index (χ2n) is 2.98. The number of ether oxygens (including phenoxy) is 1. The van der Waals surface area contributed by atoms with Gasteiger partial charge in [0.25, 0.3) is 0 Å². The molecule has 1 aromatic rings. The van der Waals surface area contributed by atoms with E-state index in [0.29, 0.717) is 13.2 Å². The maximum absolute atomic E-state index is 10.7. The average Bonchev–Trinajstić information content (AvgIpc) is 2.28. The first-order chi connectivity index (χ1) is 8.16. The summed E-state index contributed by atoms with van der Waals surface area (Å²) in [5, 5.41) is 21.9. The molecule has 0 aliphatic rings. The van der Waals surface area contributed by atoms with Crippen LogP contribution < -0.4 is 11.1 Å². The quantitative estimate of drug-likeness (QED) is 0.327. The predicted molar refractivity (Wildman–Crippen MR) is 59.5 cm³/mol. The van der Waals surface area contributed by atoms with Crippen molar-refractivity contribution >= 4 is 17.3 Å². The van der Waals surface area contributed by atoms with E-state index in [1.807, 2.05) is 0 Å². The third kappa shape index (κ3) is 3.81. The lowest BCUT2D eigenvalue weighted by atomic mass is 10.4. The van der Waals surface area contributed by atoms with E-state index < -0.39 is 4.92 Å². The van der Waals surface area contributed by atoms with Crippen molar-refractivity contribution in [3.05, 3.63) is 16.4 Å². The first-order valence-corrected chi connectivity index (χ1v) is 4.84. The van der Waals surface area contributed by atoms with E-state index in [1.165, 1.54) is 0 Å². The molecule has 1 rings (SSSR count). The van der Waals surface area contributed by atoms with Gasteiger partial charge in [0.1, 0.15) is 6.33 Å². The normalized spacial score (nSPS) is 10.2. The second-order valence-corrected chi connectivity index (χ2v) is 2.98. The SMILES string of the molecule is Nc1ncnc(NCCOCCO)c1[N+](=O)[O-]. The van der Waals surface area contributed by atoms with Gasteiger partial charge < -0.3 is 20.9 Å². The Labute approximate surface area is 96.8 Å². The van der Waals surface area contributed by atoms with Crippen molar-refractivity contribution in [1.82, 2.24) is 9.97 Å². The fraction of sp³-hybridized carbons (Fsp3) is 0.500. The minimum atomic E-state index is -0.647. The van der Waals surface area contributed by atoms with Crippen LogP contribution in [0.25, 0.3) is 0 Å². The maximum Gasteiger partial charge on any atom is 0.352 e. The average molecular weight is 243 g/mol. The highest BCUT2D eigenvalue weighted by molar-refractivity contribution is 5.67. The lowest BCUT2D eigenvalue weighted by Crippen LogP contribution is -2.14. The summed E-state index contributed by atoms with van der Waals surface area (Å²) in [6, 6.07) is 0. The summed E-state index contributed by atoms with van der Waals surface area (Å²) in [6.45, 7) is 0.759. The van der Waals surface area contributed by atoms with Crippen LogP contribution in [-0.2, 0) is 4.74 Å². The third-order valence-electron chi connectivity index (χ3n) is 1.81. The van der Waals surface area contributed by atoms with E-state index in [0.717, 1.165) is 6.33 Å². The van der Waals surface area contributed by atoms with Crippen molar-refractivity contribution in [1.29, 1.82) is 0 Å². The third-order valence-corrected chi connectivity index (χ3v) is 1.81. The topological polar surface area (TPSA) is 136 Å². The number of rotatable bonds is 7. The van der Waals surface area contributed by atoms with Crippen molar-refractivity contribution in [3.8, 4) is 0 Å². The Morgan fingerprint density at radius 3 is 2.94 bits per heavy atom. The van der Waals surface area contributed by atoms with Gasteiger partial charge >= 0.3 is 5.69 Å². The smallest absolute Gasteiger partial charge is 0.352 e. The zero-order valence-corrected chi connectivity index (χ0v) is 9.00. The number of nitrogens with two attached hydrogens (primary N) is 1. The molecule has 0 amide bonds. The molecule has 0 saturated heterocycles. The molecule has 0 spiro atoms. The molecule has 0 atom stereocenters. The predicted octanol–water partition coefficient (Wildman–Crippen LogP) is -0.612. The number of aliphatic hydroxyl groups is 1. The number of nitrogens with one attached hydrogen (secondary N) is 1. The Morgan fingerprint density at radius 2 is 2.29 bits per heavy atom. The maximum atomic E-state index is 10.7. The summed E-state index contributed by atoms with van der Waals surface area (Å²) >= 11 is 0. The summed E-state index contributed by atoms with van der Waals surface area (Å²) in [5.74, 6) is -0.140. The Balaban J connectivity index is 2.58. The number of hydrogen-bond donors (Lipinski definition) is 3. The molecule has 0 fully saturated rings. The largest absolute Gasteiger partial charge is 0.394 e. The monoisotopic (exact) mass is 243 g/mol. The van der Waals surface area contributed by atoms with Crippen molar-refractivity contribution in [2.24, 2.45) is 0 Å². The van der Waals surface area contributed by atoms with Crippen molar-refractivity contribution in [2.75, 3.05) is 37.4 Å². The summed E-state index contributed by atoms with van der Waals surface area (Å²) in [5.41, 5.74) is 5.02. The van der Waals surface area contributed by atoms with Gasteiger partial charge in [-0.3, -0.25) is 10.1 Å². The Hall–Kier alpha value is -2.00. The molecule has 0 radical (unpaired) electrons. The van der Waals surface area contributed by atoms with Gasteiger partial charge in [0.2, 0.25) is 11.6 Å². The fourth-order valence-corrected chi connectivity index (χ4v) is 1.11. The van der Waals surface area contributed by atoms with Gasteiger partial charge in [-0.15, -0.1) is 0 Å². The number of aromatic nitrogens is 2. The first kappa shape index (κ1) is 13.1. The van der Waals surface area contributed by atoms with E-state index in [1.54, 1.807) is 0 Å². The molecule has 0 unspecified atom stereocenters. The van der Waals surface area contributed by atoms with Crippen LogP contribution in [0, 0.1) is 10.1 Å². The highest BCUT2D eigenvalue weighted by atomic mass is 16.6. The van der Waals surface area contributed by atoms with Crippen LogP contribution in [0.3, 0.4) is 0 Å². The van der Waals surface area contributed by atoms with Crippen LogP contribution >= 0.6 is 0 Å². The van der Waals surface area contributed by atoms with Crippen molar-refractivity contribution in [2.45, 2.75) is 0 Å². The molecule has 17 heavy (non-hydrogen) atoms.